The number of hydrogen-bond acceptors (Lipinski definition) is 4. The summed E-state index contributed by atoms with van der Waals surface area (Å²) >= 11 is 0. The number of hydrogen-bond donors (Lipinski definition) is 2. The van der Waals surface area contributed by atoms with Crippen molar-refractivity contribution in [2.75, 3.05) is 6.54 Å². The Bertz CT molecular complexity index is 731. The second kappa shape index (κ2) is 6.29. The number of benzene rings is 1. The predicted molar refractivity (Wildman–Crippen MR) is 71.7 cm³/mol. The van der Waals surface area contributed by atoms with E-state index in [1.807, 2.05) is 0 Å². The largest absolute Gasteiger partial charge is 0.329 e. The Morgan fingerprint density at radius 1 is 1.33 bits per heavy atom. The Morgan fingerprint density at radius 3 is 2.81 bits per heavy atom. The van der Waals surface area contributed by atoms with Crippen molar-refractivity contribution >= 4 is 10.0 Å². The van der Waals surface area contributed by atoms with E-state index in [0.717, 1.165) is 18.2 Å². The van der Waals surface area contributed by atoms with Gasteiger partial charge in [0.2, 0.25) is 10.0 Å². The van der Waals surface area contributed by atoms with Gasteiger partial charge in [0.15, 0.2) is 0 Å². The van der Waals surface area contributed by atoms with Crippen LogP contribution in [0, 0.1) is 11.6 Å². The van der Waals surface area contributed by atoms with Crippen LogP contribution in [0.25, 0.3) is 0 Å². The monoisotopic (exact) mass is 316 g/mol. The van der Waals surface area contributed by atoms with Crippen LogP contribution in [0.4, 0.5) is 8.78 Å². The lowest BCUT2D eigenvalue weighted by molar-refractivity contribution is 0.566. The van der Waals surface area contributed by atoms with Crippen molar-refractivity contribution in [1.29, 1.82) is 0 Å². The van der Waals surface area contributed by atoms with E-state index in [9.17, 15) is 17.2 Å². The second-order valence-corrected chi connectivity index (χ2v) is 6.06. The Hall–Kier alpha value is -1.84. The number of nitrogens with one attached hydrogen (secondary N) is 1. The van der Waals surface area contributed by atoms with Gasteiger partial charge in [-0.15, -0.1) is 0 Å². The van der Waals surface area contributed by atoms with Gasteiger partial charge in [-0.25, -0.2) is 21.9 Å². The molecule has 9 heteroatoms. The zero-order chi connectivity index (χ0) is 15.5. The van der Waals surface area contributed by atoms with Crippen molar-refractivity contribution in [2.45, 2.75) is 18.0 Å². The number of halogens is 2. The minimum Gasteiger partial charge on any atom is -0.329 e. The molecular formula is C12H14F2N4O2S. The molecule has 1 heterocycles. The van der Waals surface area contributed by atoms with Crippen LogP contribution >= 0.6 is 0 Å². The molecule has 0 saturated heterocycles. The molecule has 1 aromatic carbocycles. The maximum Gasteiger partial charge on any atom is 0.243 e. The van der Waals surface area contributed by atoms with Crippen molar-refractivity contribution < 1.29 is 17.2 Å². The normalized spacial score (nSPS) is 11.8. The first-order valence-corrected chi connectivity index (χ1v) is 7.57. The highest BCUT2D eigenvalue weighted by molar-refractivity contribution is 7.89. The quantitative estimate of drug-likeness (QED) is 0.816. The van der Waals surface area contributed by atoms with Crippen LogP contribution in [0.3, 0.4) is 0 Å². The molecule has 0 aliphatic rings. The summed E-state index contributed by atoms with van der Waals surface area (Å²) in [6.45, 7) is 0.352. The third-order valence-corrected chi connectivity index (χ3v) is 4.09. The van der Waals surface area contributed by atoms with E-state index in [0.29, 0.717) is 13.1 Å². The van der Waals surface area contributed by atoms with Gasteiger partial charge >= 0.3 is 0 Å². The van der Waals surface area contributed by atoms with E-state index in [4.69, 9.17) is 5.73 Å². The number of aromatic nitrogens is 2. The molecule has 1 aromatic heterocycles. The fourth-order valence-corrected chi connectivity index (χ4v) is 2.63. The molecule has 6 nitrogen and oxygen atoms in total. The number of nitrogens with two attached hydrogens (primary N) is 1. The Labute approximate surface area is 120 Å². The van der Waals surface area contributed by atoms with Gasteiger partial charge in [0.1, 0.15) is 16.5 Å². The summed E-state index contributed by atoms with van der Waals surface area (Å²) in [7, 11) is -3.85. The lowest BCUT2D eigenvalue weighted by Crippen LogP contribution is -2.23. The molecule has 0 atom stereocenters. The maximum absolute atomic E-state index is 13.4. The molecule has 2 aromatic rings. The molecule has 3 N–H and O–H groups in total. The fourth-order valence-electron chi connectivity index (χ4n) is 1.67. The third-order valence-electron chi connectivity index (χ3n) is 2.74. The lowest BCUT2D eigenvalue weighted by atomic mass is 10.2. The summed E-state index contributed by atoms with van der Waals surface area (Å²) in [5.74, 6) is -1.32. The zero-order valence-electron chi connectivity index (χ0n) is 11.0. The van der Waals surface area contributed by atoms with Gasteiger partial charge in [0.25, 0.3) is 0 Å². The number of nitrogens with zero attached hydrogens (tertiary/aromatic N) is 2. The van der Waals surface area contributed by atoms with Crippen molar-refractivity contribution in [2.24, 2.45) is 5.73 Å². The molecule has 0 unspecified atom stereocenters. The average molecular weight is 316 g/mol. The SMILES string of the molecule is NCCn1cc(S(=O)(=O)NCc2cc(F)ccc2F)cn1. The van der Waals surface area contributed by atoms with Crippen molar-refractivity contribution in [3.05, 3.63) is 47.8 Å². The van der Waals surface area contributed by atoms with Gasteiger partial charge in [-0.3, -0.25) is 4.68 Å². The molecule has 0 aliphatic carbocycles. The maximum atomic E-state index is 13.4. The lowest BCUT2D eigenvalue weighted by Gasteiger charge is -2.06. The summed E-state index contributed by atoms with van der Waals surface area (Å²) in [5, 5.41) is 3.84. The van der Waals surface area contributed by atoms with Gasteiger partial charge < -0.3 is 5.73 Å². The molecule has 0 aliphatic heterocycles. The summed E-state index contributed by atoms with van der Waals surface area (Å²) < 4.78 is 54.0. The van der Waals surface area contributed by atoms with E-state index in [1.165, 1.54) is 17.1 Å². The van der Waals surface area contributed by atoms with Gasteiger partial charge in [0.05, 0.1) is 12.7 Å². The van der Waals surface area contributed by atoms with E-state index in [1.54, 1.807) is 0 Å². The summed E-state index contributed by atoms with van der Waals surface area (Å²) in [4.78, 5) is -0.0623. The molecule has 0 saturated carbocycles. The zero-order valence-corrected chi connectivity index (χ0v) is 11.8. The van der Waals surface area contributed by atoms with Crippen molar-refractivity contribution in [3.8, 4) is 0 Å². The van der Waals surface area contributed by atoms with Crippen LogP contribution in [0.1, 0.15) is 5.56 Å². The van der Waals surface area contributed by atoms with Gasteiger partial charge in [-0.2, -0.15) is 5.10 Å². The molecular weight excluding hydrogens is 302 g/mol. The van der Waals surface area contributed by atoms with Gasteiger partial charge in [-0.05, 0) is 18.2 Å². The van der Waals surface area contributed by atoms with Gasteiger partial charge in [-0.1, -0.05) is 0 Å². The van der Waals surface area contributed by atoms with E-state index in [-0.39, 0.29) is 17.0 Å². The number of sulfonamides is 1. The van der Waals surface area contributed by atoms with Crippen LogP contribution in [0.2, 0.25) is 0 Å². The molecule has 0 bridgehead atoms. The van der Waals surface area contributed by atoms with Crippen molar-refractivity contribution in [1.82, 2.24) is 14.5 Å². The van der Waals surface area contributed by atoms with E-state index >= 15 is 0 Å². The first-order chi connectivity index (χ1) is 9.92. The smallest absolute Gasteiger partial charge is 0.243 e. The molecule has 0 spiro atoms. The third kappa shape index (κ3) is 3.84. The molecule has 114 valence electrons. The Kier molecular flexibility index (Phi) is 4.66. The highest BCUT2D eigenvalue weighted by Gasteiger charge is 2.17. The first kappa shape index (κ1) is 15.5. The molecule has 0 amide bonds. The van der Waals surface area contributed by atoms with Crippen LogP contribution in [-0.4, -0.2) is 24.7 Å². The van der Waals surface area contributed by atoms with E-state index < -0.39 is 21.7 Å². The Balaban J connectivity index is 2.11. The topological polar surface area (TPSA) is 90.0 Å². The highest BCUT2D eigenvalue weighted by atomic mass is 32.2. The minimum atomic E-state index is -3.85. The van der Waals surface area contributed by atoms with Crippen LogP contribution in [0.5, 0.6) is 0 Å². The second-order valence-electron chi connectivity index (χ2n) is 4.29. The Morgan fingerprint density at radius 2 is 2.10 bits per heavy atom. The predicted octanol–water partition coefficient (Wildman–Crippen LogP) is 0.598. The number of rotatable bonds is 6. The minimum absolute atomic E-state index is 0.0623. The van der Waals surface area contributed by atoms with Crippen LogP contribution in [0.15, 0.2) is 35.5 Å². The molecule has 0 radical (unpaired) electrons. The van der Waals surface area contributed by atoms with Gasteiger partial charge in [0, 0.05) is 24.8 Å². The van der Waals surface area contributed by atoms with Crippen LogP contribution in [-0.2, 0) is 23.1 Å². The standard InChI is InChI=1S/C12H14F2N4O2S/c13-10-1-2-12(14)9(5-10)6-17-21(19,20)11-7-16-18(8-11)4-3-15/h1-2,5,7-8,17H,3-4,6,15H2. The highest BCUT2D eigenvalue weighted by Crippen LogP contribution is 2.12. The fraction of sp³-hybridized carbons (Fsp3) is 0.250. The molecule has 21 heavy (non-hydrogen) atoms. The summed E-state index contributed by atoms with van der Waals surface area (Å²) in [6, 6.07) is 2.85. The average Bonchev–Trinajstić information content (AvgIpc) is 2.90. The van der Waals surface area contributed by atoms with Crippen LogP contribution < -0.4 is 10.5 Å². The summed E-state index contributed by atoms with van der Waals surface area (Å²) in [5.41, 5.74) is 5.27. The molecule has 0 fully saturated rings. The first-order valence-electron chi connectivity index (χ1n) is 6.08. The van der Waals surface area contributed by atoms with E-state index in [2.05, 4.69) is 9.82 Å². The summed E-state index contributed by atoms with van der Waals surface area (Å²) in [6.07, 6.45) is 2.48. The van der Waals surface area contributed by atoms with Crippen molar-refractivity contribution in [3.63, 3.8) is 0 Å². The molecule has 2 rings (SSSR count).